The highest BCUT2D eigenvalue weighted by Crippen LogP contribution is 2.27. The highest BCUT2D eigenvalue weighted by Gasteiger charge is 2.25. The van der Waals surface area contributed by atoms with Gasteiger partial charge in [-0.1, -0.05) is 26.2 Å². The fraction of sp³-hybridized carbons (Fsp3) is 0.533. The number of sulfonamides is 1. The second-order valence-electron chi connectivity index (χ2n) is 5.40. The van der Waals surface area contributed by atoms with E-state index in [4.69, 9.17) is 5.26 Å². The second-order valence-corrected chi connectivity index (χ2v) is 7.11. The number of rotatable bonds is 4. The molecule has 0 saturated heterocycles. The molecule has 20 heavy (non-hydrogen) atoms. The molecule has 0 amide bonds. The second kappa shape index (κ2) is 6.38. The zero-order valence-electron chi connectivity index (χ0n) is 11.7. The summed E-state index contributed by atoms with van der Waals surface area (Å²) in [5, 5.41) is 8.73. The molecule has 2 atom stereocenters. The molecule has 0 radical (unpaired) electrons. The van der Waals surface area contributed by atoms with Gasteiger partial charge >= 0.3 is 0 Å². The SMILES string of the molecule is CCC1CCCC(NS(=O)(=O)c2ccc(C#N)cc2)C1. The monoisotopic (exact) mass is 292 g/mol. The van der Waals surface area contributed by atoms with Crippen LogP contribution in [0.3, 0.4) is 0 Å². The molecule has 5 heteroatoms. The Labute approximate surface area is 120 Å². The van der Waals surface area contributed by atoms with Crippen LogP contribution in [0.4, 0.5) is 0 Å². The number of nitriles is 1. The zero-order valence-corrected chi connectivity index (χ0v) is 12.5. The Morgan fingerprint density at radius 3 is 2.60 bits per heavy atom. The normalized spacial score (nSPS) is 23.2. The third-order valence-electron chi connectivity index (χ3n) is 3.98. The molecule has 4 nitrogen and oxygen atoms in total. The van der Waals surface area contributed by atoms with Gasteiger partial charge in [0.1, 0.15) is 0 Å². The Kier molecular flexibility index (Phi) is 4.79. The Hall–Kier alpha value is -1.38. The molecule has 1 aliphatic rings. The van der Waals surface area contributed by atoms with Crippen molar-refractivity contribution in [2.24, 2.45) is 5.92 Å². The molecule has 1 aliphatic carbocycles. The maximum Gasteiger partial charge on any atom is 0.240 e. The number of nitrogens with one attached hydrogen (secondary N) is 1. The van der Waals surface area contributed by atoms with Gasteiger partial charge < -0.3 is 0 Å². The lowest BCUT2D eigenvalue weighted by Crippen LogP contribution is -2.38. The van der Waals surface area contributed by atoms with Crippen LogP contribution >= 0.6 is 0 Å². The van der Waals surface area contributed by atoms with Crippen molar-refractivity contribution in [1.82, 2.24) is 4.72 Å². The summed E-state index contributed by atoms with van der Waals surface area (Å²) in [5.41, 5.74) is 0.465. The van der Waals surface area contributed by atoms with E-state index in [1.807, 2.05) is 6.07 Å². The Balaban J connectivity index is 2.08. The largest absolute Gasteiger partial charge is 0.240 e. The highest BCUT2D eigenvalue weighted by atomic mass is 32.2. The first-order chi connectivity index (χ1) is 9.55. The van der Waals surface area contributed by atoms with Crippen molar-refractivity contribution in [1.29, 1.82) is 5.26 Å². The quantitative estimate of drug-likeness (QED) is 0.927. The Morgan fingerprint density at radius 1 is 1.30 bits per heavy atom. The van der Waals surface area contributed by atoms with Crippen molar-refractivity contribution >= 4 is 10.0 Å². The van der Waals surface area contributed by atoms with Crippen LogP contribution in [-0.4, -0.2) is 14.5 Å². The van der Waals surface area contributed by atoms with E-state index in [2.05, 4.69) is 11.6 Å². The molecule has 2 unspecified atom stereocenters. The van der Waals surface area contributed by atoms with Crippen LogP contribution in [0.5, 0.6) is 0 Å². The fourth-order valence-electron chi connectivity index (χ4n) is 2.76. The van der Waals surface area contributed by atoms with Crippen LogP contribution < -0.4 is 4.72 Å². The summed E-state index contributed by atoms with van der Waals surface area (Å²) in [4.78, 5) is 0.232. The Morgan fingerprint density at radius 2 is 2.00 bits per heavy atom. The van der Waals surface area contributed by atoms with Gasteiger partial charge in [-0.05, 0) is 43.0 Å². The van der Waals surface area contributed by atoms with Crippen molar-refractivity contribution in [3.63, 3.8) is 0 Å². The third kappa shape index (κ3) is 3.59. The molecule has 1 fully saturated rings. The summed E-state index contributed by atoms with van der Waals surface area (Å²) in [6.45, 7) is 2.15. The molecule has 2 rings (SSSR count). The van der Waals surface area contributed by atoms with E-state index in [0.717, 1.165) is 25.7 Å². The van der Waals surface area contributed by atoms with E-state index in [1.54, 1.807) is 0 Å². The molecule has 1 aromatic carbocycles. The first-order valence-corrected chi connectivity index (χ1v) is 8.56. The molecule has 0 bridgehead atoms. The minimum Gasteiger partial charge on any atom is -0.208 e. The summed E-state index contributed by atoms with van der Waals surface area (Å²) < 4.78 is 27.4. The summed E-state index contributed by atoms with van der Waals surface area (Å²) in [7, 11) is -3.48. The molecular formula is C15H20N2O2S. The van der Waals surface area contributed by atoms with Crippen molar-refractivity contribution in [3.05, 3.63) is 29.8 Å². The smallest absolute Gasteiger partial charge is 0.208 e. The lowest BCUT2D eigenvalue weighted by Gasteiger charge is -2.28. The first kappa shape index (κ1) is 15.0. The molecule has 0 aliphatic heterocycles. The average Bonchev–Trinajstić information content (AvgIpc) is 2.47. The van der Waals surface area contributed by atoms with E-state index in [9.17, 15) is 8.42 Å². The maximum atomic E-state index is 12.3. The highest BCUT2D eigenvalue weighted by molar-refractivity contribution is 7.89. The molecule has 1 N–H and O–H groups in total. The van der Waals surface area contributed by atoms with Gasteiger partial charge in [-0.25, -0.2) is 13.1 Å². The minimum atomic E-state index is -3.48. The van der Waals surface area contributed by atoms with Crippen LogP contribution in [-0.2, 0) is 10.0 Å². The maximum absolute atomic E-state index is 12.3. The van der Waals surface area contributed by atoms with E-state index in [1.165, 1.54) is 30.7 Å². The van der Waals surface area contributed by atoms with Gasteiger partial charge in [-0.15, -0.1) is 0 Å². The topological polar surface area (TPSA) is 70.0 Å². The van der Waals surface area contributed by atoms with Crippen LogP contribution in [0.2, 0.25) is 0 Å². The summed E-state index contributed by atoms with van der Waals surface area (Å²) in [6, 6.07) is 8.06. The van der Waals surface area contributed by atoms with E-state index in [0.29, 0.717) is 11.5 Å². The minimum absolute atomic E-state index is 0.0364. The fourth-order valence-corrected chi connectivity index (χ4v) is 4.05. The Bertz CT molecular complexity index is 587. The van der Waals surface area contributed by atoms with Gasteiger partial charge in [0.2, 0.25) is 10.0 Å². The molecule has 1 saturated carbocycles. The van der Waals surface area contributed by atoms with Gasteiger partial charge in [0.15, 0.2) is 0 Å². The van der Waals surface area contributed by atoms with Gasteiger partial charge in [0, 0.05) is 6.04 Å². The third-order valence-corrected chi connectivity index (χ3v) is 5.51. The van der Waals surface area contributed by atoms with Crippen molar-refractivity contribution < 1.29 is 8.42 Å². The summed E-state index contributed by atoms with van der Waals surface area (Å²) in [5.74, 6) is 0.623. The number of hydrogen-bond donors (Lipinski definition) is 1. The van der Waals surface area contributed by atoms with Crippen LogP contribution in [0, 0.1) is 17.2 Å². The summed E-state index contributed by atoms with van der Waals surface area (Å²) >= 11 is 0. The predicted molar refractivity (Wildman–Crippen MR) is 77.5 cm³/mol. The lowest BCUT2D eigenvalue weighted by atomic mass is 9.85. The van der Waals surface area contributed by atoms with Crippen molar-refractivity contribution in [2.45, 2.75) is 50.0 Å². The molecule has 108 valence electrons. The lowest BCUT2D eigenvalue weighted by molar-refractivity contribution is 0.301. The van der Waals surface area contributed by atoms with E-state index < -0.39 is 10.0 Å². The predicted octanol–water partition coefficient (Wildman–Crippen LogP) is 2.81. The standard InChI is InChI=1S/C15H20N2O2S/c1-2-12-4-3-5-14(10-12)17-20(18,19)15-8-6-13(11-16)7-9-15/h6-9,12,14,17H,2-5,10H2,1H3. The molecule has 1 aromatic rings. The van der Waals surface area contributed by atoms with E-state index in [-0.39, 0.29) is 10.9 Å². The van der Waals surface area contributed by atoms with E-state index >= 15 is 0 Å². The van der Waals surface area contributed by atoms with Crippen molar-refractivity contribution in [2.75, 3.05) is 0 Å². The molecular weight excluding hydrogens is 272 g/mol. The van der Waals surface area contributed by atoms with Crippen molar-refractivity contribution in [3.8, 4) is 6.07 Å². The molecule has 0 aromatic heterocycles. The van der Waals surface area contributed by atoms with Gasteiger partial charge in [0.05, 0.1) is 16.5 Å². The van der Waals surface area contributed by atoms with Crippen LogP contribution in [0.25, 0.3) is 0 Å². The number of hydrogen-bond acceptors (Lipinski definition) is 3. The van der Waals surface area contributed by atoms with Gasteiger partial charge in [-0.2, -0.15) is 5.26 Å². The molecule has 0 spiro atoms. The average molecular weight is 292 g/mol. The number of benzene rings is 1. The zero-order chi connectivity index (χ0) is 14.6. The van der Waals surface area contributed by atoms with Gasteiger partial charge in [0.25, 0.3) is 0 Å². The number of nitrogens with zero attached hydrogens (tertiary/aromatic N) is 1. The van der Waals surface area contributed by atoms with Crippen LogP contribution in [0.15, 0.2) is 29.2 Å². The van der Waals surface area contributed by atoms with Crippen LogP contribution in [0.1, 0.15) is 44.6 Å². The summed E-state index contributed by atoms with van der Waals surface area (Å²) in [6.07, 6.45) is 5.22. The first-order valence-electron chi connectivity index (χ1n) is 7.07. The van der Waals surface area contributed by atoms with Gasteiger partial charge in [-0.3, -0.25) is 0 Å². The molecule has 0 heterocycles.